The Morgan fingerprint density at radius 1 is 1.18 bits per heavy atom. The molecule has 0 radical (unpaired) electrons. The van der Waals surface area contributed by atoms with E-state index < -0.39 is 10.8 Å². The zero-order valence-corrected chi connectivity index (χ0v) is 23.1. The molecule has 40 heavy (non-hydrogen) atoms. The molecule has 4 rings (SSSR count). The SMILES string of the molecule is C[N+](C)(C/C=C/C(=O)Cc1cc2c(Nc3ccc(Cl)c(Cl)c3)ncnc2cn1)CC1=C([N+](=O)[O-])N=C(C(N)=O)C1. The van der Waals surface area contributed by atoms with Crippen LogP contribution in [0.5, 0.6) is 0 Å². The highest BCUT2D eigenvalue weighted by atomic mass is 35.5. The molecule has 0 fully saturated rings. The second-order valence-corrected chi connectivity index (χ2v) is 10.6. The minimum atomic E-state index is -0.781. The number of fused-ring (bicyclic) bond motifs is 1. The molecule has 3 aromatic rings. The number of carbonyl (C=O) groups is 2. The van der Waals surface area contributed by atoms with E-state index in [0.717, 1.165) is 0 Å². The van der Waals surface area contributed by atoms with E-state index >= 15 is 0 Å². The Bertz CT molecular complexity index is 1620. The number of allylic oxidation sites excluding steroid dienone is 1. The number of aliphatic imine (C=N–C) groups is 1. The standard InChI is InChI=1S/C26H24Cl2N8O4/c1-36(2,13-15-8-22(24(29)38)34-26(15)35(39)40)7-3-4-18(37)9-17-10-19-23(12-30-17)31-14-32-25(19)33-16-5-6-20(27)21(28)11-16/h3-6,10-12,14H,7-9,13H2,1-2H3,(H2-,29,31,32,33,38)/p+1/b4-3+. The third-order valence-corrected chi connectivity index (χ3v) is 6.77. The Kier molecular flexibility index (Phi) is 8.52. The van der Waals surface area contributed by atoms with Crippen LogP contribution in [0.15, 0.2) is 65.3 Å². The maximum atomic E-state index is 12.7. The molecule has 206 valence electrons. The molecule has 1 aliphatic heterocycles. The summed E-state index contributed by atoms with van der Waals surface area (Å²) < 4.78 is 0.299. The van der Waals surface area contributed by atoms with Crippen molar-refractivity contribution in [3.05, 3.63) is 86.2 Å². The van der Waals surface area contributed by atoms with Crippen LogP contribution in [-0.2, 0) is 16.0 Å². The molecular weight excluding hydrogens is 559 g/mol. The number of nitrogens with two attached hydrogens (primary N) is 1. The molecule has 14 heteroatoms. The monoisotopic (exact) mass is 583 g/mol. The molecule has 0 saturated heterocycles. The van der Waals surface area contributed by atoms with Crippen molar-refractivity contribution in [3.63, 3.8) is 0 Å². The van der Waals surface area contributed by atoms with E-state index in [4.69, 9.17) is 28.9 Å². The van der Waals surface area contributed by atoms with Gasteiger partial charge in [-0.15, -0.1) is 0 Å². The number of rotatable bonds is 11. The van der Waals surface area contributed by atoms with E-state index in [2.05, 4.69) is 25.3 Å². The van der Waals surface area contributed by atoms with Gasteiger partial charge in [0, 0.05) is 16.8 Å². The van der Waals surface area contributed by atoms with Gasteiger partial charge in [-0.05, 0) is 46.3 Å². The molecule has 3 heterocycles. The molecule has 3 N–H and O–H groups in total. The third-order valence-electron chi connectivity index (χ3n) is 6.03. The highest BCUT2D eigenvalue weighted by molar-refractivity contribution is 6.42. The van der Waals surface area contributed by atoms with Crippen LogP contribution in [0.4, 0.5) is 11.5 Å². The fourth-order valence-electron chi connectivity index (χ4n) is 4.16. The number of quaternary nitrogens is 1. The molecule has 0 saturated carbocycles. The Morgan fingerprint density at radius 3 is 2.65 bits per heavy atom. The van der Waals surface area contributed by atoms with Crippen molar-refractivity contribution in [2.45, 2.75) is 12.8 Å². The number of likely N-dealkylation sites (N-methyl/N-ethyl adjacent to an activating group) is 1. The lowest BCUT2D eigenvalue weighted by Gasteiger charge is -2.28. The second kappa shape index (κ2) is 11.9. The van der Waals surface area contributed by atoms with Crippen molar-refractivity contribution < 1.29 is 19.0 Å². The van der Waals surface area contributed by atoms with Crippen LogP contribution >= 0.6 is 23.2 Å². The first-order valence-corrected chi connectivity index (χ1v) is 12.7. The number of hydrogen-bond acceptors (Lipinski definition) is 9. The normalized spacial score (nSPS) is 13.7. The van der Waals surface area contributed by atoms with Crippen LogP contribution in [0, 0.1) is 10.1 Å². The van der Waals surface area contributed by atoms with Gasteiger partial charge in [0.25, 0.3) is 5.91 Å². The average molecular weight is 584 g/mol. The number of amides is 1. The molecule has 0 aliphatic carbocycles. The highest BCUT2D eigenvalue weighted by Crippen LogP contribution is 2.29. The van der Waals surface area contributed by atoms with Gasteiger partial charge in [0.05, 0.1) is 60.8 Å². The molecule has 0 atom stereocenters. The van der Waals surface area contributed by atoms with Gasteiger partial charge in [-0.25, -0.2) is 9.97 Å². The zero-order valence-electron chi connectivity index (χ0n) is 21.6. The number of nitro groups is 1. The minimum Gasteiger partial charge on any atom is -0.363 e. The summed E-state index contributed by atoms with van der Waals surface area (Å²) in [5.74, 6) is -0.781. The van der Waals surface area contributed by atoms with E-state index in [1.54, 1.807) is 36.5 Å². The number of halogens is 2. The summed E-state index contributed by atoms with van der Waals surface area (Å²) >= 11 is 12.1. The molecule has 1 aromatic carbocycles. The summed E-state index contributed by atoms with van der Waals surface area (Å²) in [7, 11) is 3.71. The fraction of sp³-hybridized carbons (Fsp3) is 0.231. The summed E-state index contributed by atoms with van der Waals surface area (Å²) in [5, 5.41) is 16.1. The van der Waals surface area contributed by atoms with Gasteiger partial charge in [-0.1, -0.05) is 23.2 Å². The third kappa shape index (κ3) is 7.03. The minimum absolute atomic E-state index is 0.0315. The zero-order chi connectivity index (χ0) is 29.0. The topological polar surface area (TPSA) is 166 Å². The first-order valence-electron chi connectivity index (χ1n) is 12.0. The molecule has 12 nitrogen and oxygen atoms in total. The van der Waals surface area contributed by atoms with Crippen molar-refractivity contribution in [3.8, 4) is 0 Å². The van der Waals surface area contributed by atoms with Gasteiger partial charge in [0.2, 0.25) is 5.71 Å². The van der Waals surface area contributed by atoms with E-state index in [1.165, 1.54) is 12.4 Å². The molecule has 1 amide bonds. The average Bonchev–Trinajstić information content (AvgIpc) is 3.30. The first kappa shape index (κ1) is 28.7. The first-order chi connectivity index (χ1) is 18.9. The maximum absolute atomic E-state index is 12.7. The Labute approximate surface area is 239 Å². The number of hydrogen-bond donors (Lipinski definition) is 2. The Hall–Kier alpha value is -4.26. The second-order valence-electron chi connectivity index (χ2n) is 9.77. The lowest BCUT2D eigenvalue weighted by Crippen LogP contribution is -2.41. The van der Waals surface area contributed by atoms with Gasteiger partial charge in [-0.2, -0.15) is 0 Å². The number of pyridine rings is 1. The number of aromatic nitrogens is 3. The summed E-state index contributed by atoms with van der Waals surface area (Å²) in [6.07, 6.45) is 6.25. The van der Waals surface area contributed by atoms with Crippen molar-refractivity contribution in [2.75, 3.05) is 32.5 Å². The summed E-state index contributed by atoms with van der Waals surface area (Å²) in [4.78, 5) is 51.6. The predicted octanol–water partition coefficient (Wildman–Crippen LogP) is 3.64. The number of ketones is 1. The van der Waals surface area contributed by atoms with Crippen molar-refractivity contribution in [1.29, 1.82) is 0 Å². The summed E-state index contributed by atoms with van der Waals surface area (Å²) in [6, 6.07) is 6.87. The number of anilines is 2. The van der Waals surface area contributed by atoms with Crippen LogP contribution in [0.1, 0.15) is 12.1 Å². The van der Waals surface area contributed by atoms with Crippen molar-refractivity contribution >= 4 is 63.0 Å². The molecular formula is C26H25Cl2N8O4+. The van der Waals surface area contributed by atoms with Crippen LogP contribution in [0.2, 0.25) is 10.0 Å². The number of benzene rings is 1. The number of carbonyl (C=O) groups excluding carboxylic acids is 2. The van der Waals surface area contributed by atoms with E-state index in [-0.39, 0.29) is 36.7 Å². The van der Waals surface area contributed by atoms with Crippen LogP contribution in [0.25, 0.3) is 10.9 Å². The van der Waals surface area contributed by atoms with Gasteiger partial charge in [-0.3, -0.25) is 14.6 Å². The van der Waals surface area contributed by atoms with Crippen molar-refractivity contribution in [1.82, 2.24) is 15.0 Å². The molecule has 0 bridgehead atoms. The molecule has 0 unspecified atom stereocenters. The summed E-state index contributed by atoms with van der Waals surface area (Å²) in [6.45, 7) is 0.665. The van der Waals surface area contributed by atoms with Crippen LogP contribution in [0.3, 0.4) is 0 Å². The number of primary amides is 1. The molecule has 1 aliphatic rings. The lowest BCUT2D eigenvalue weighted by molar-refractivity contribution is -0.880. The fourth-order valence-corrected chi connectivity index (χ4v) is 4.46. The van der Waals surface area contributed by atoms with Gasteiger partial charge < -0.3 is 25.6 Å². The Balaban J connectivity index is 1.41. The van der Waals surface area contributed by atoms with Gasteiger partial charge in [0.15, 0.2) is 5.78 Å². The lowest BCUT2D eigenvalue weighted by atomic mass is 10.1. The van der Waals surface area contributed by atoms with E-state index in [0.29, 0.717) is 54.7 Å². The van der Waals surface area contributed by atoms with Crippen molar-refractivity contribution in [2.24, 2.45) is 10.7 Å². The predicted molar refractivity (Wildman–Crippen MR) is 152 cm³/mol. The largest absolute Gasteiger partial charge is 0.369 e. The van der Waals surface area contributed by atoms with Gasteiger partial charge in [0.1, 0.15) is 18.7 Å². The summed E-state index contributed by atoms with van der Waals surface area (Å²) in [5.41, 5.74) is 7.45. The number of nitrogens with one attached hydrogen (secondary N) is 1. The molecule has 0 spiro atoms. The maximum Gasteiger partial charge on any atom is 0.369 e. The molecule has 2 aromatic heterocycles. The number of nitrogens with zero attached hydrogens (tertiary/aromatic N) is 6. The van der Waals surface area contributed by atoms with Gasteiger partial charge >= 0.3 is 5.82 Å². The highest BCUT2D eigenvalue weighted by Gasteiger charge is 2.35. The Morgan fingerprint density at radius 2 is 1.95 bits per heavy atom. The smallest absolute Gasteiger partial charge is 0.363 e. The quantitative estimate of drug-likeness (QED) is 0.149. The van der Waals surface area contributed by atoms with E-state index in [1.807, 2.05) is 14.1 Å². The van der Waals surface area contributed by atoms with Crippen LogP contribution in [-0.4, -0.2) is 68.9 Å². The van der Waals surface area contributed by atoms with E-state index in [9.17, 15) is 19.7 Å². The van der Waals surface area contributed by atoms with Crippen LogP contribution < -0.4 is 11.1 Å².